The van der Waals surface area contributed by atoms with Crippen LogP contribution in [0.5, 0.6) is 0 Å². The number of halogens is 2. The highest BCUT2D eigenvalue weighted by Crippen LogP contribution is 2.22. The second kappa shape index (κ2) is 3.35. The Labute approximate surface area is 92.3 Å². The van der Waals surface area contributed by atoms with E-state index >= 15 is 0 Å². The van der Waals surface area contributed by atoms with Crippen molar-refractivity contribution in [1.29, 1.82) is 0 Å². The van der Waals surface area contributed by atoms with E-state index in [0.29, 0.717) is 5.02 Å². The summed E-state index contributed by atoms with van der Waals surface area (Å²) >= 11 is 9.70. The molecular weight excluding hydrogens is 307 g/mol. The molecule has 0 saturated carbocycles. The van der Waals surface area contributed by atoms with Crippen LogP contribution in [-0.2, 0) is 0 Å². The van der Waals surface area contributed by atoms with Gasteiger partial charge in [0.2, 0.25) is 0 Å². The van der Waals surface area contributed by atoms with Crippen LogP contribution in [-0.4, -0.2) is 9.78 Å². The summed E-state index contributed by atoms with van der Waals surface area (Å²) in [6.45, 7) is 0. The lowest BCUT2D eigenvalue weighted by Crippen LogP contribution is -1.88. The van der Waals surface area contributed by atoms with Crippen molar-refractivity contribution in [1.82, 2.24) is 9.78 Å². The minimum atomic E-state index is 0.665. The van der Waals surface area contributed by atoms with E-state index in [-0.39, 0.29) is 0 Å². The number of thiophene rings is 1. The maximum atomic E-state index is 5.74. The zero-order valence-electron chi connectivity index (χ0n) is 5.87. The molecule has 12 heavy (non-hydrogen) atoms. The Balaban J connectivity index is 2.43. The van der Waals surface area contributed by atoms with Crippen molar-refractivity contribution in [3.63, 3.8) is 0 Å². The molecule has 0 spiro atoms. The van der Waals surface area contributed by atoms with E-state index in [1.54, 1.807) is 28.4 Å². The Morgan fingerprint density at radius 3 is 2.83 bits per heavy atom. The highest BCUT2D eigenvalue weighted by atomic mass is 127. The first-order valence-electron chi connectivity index (χ1n) is 3.21. The van der Waals surface area contributed by atoms with Gasteiger partial charge in [-0.2, -0.15) is 5.10 Å². The first-order valence-corrected chi connectivity index (χ1v) is 5.49. The highest BCUT2D eigenvalue weighted by molar-refractivity contribution is 14.1. The molecule has 2 heterocycles. The molecule has 2 nitrogen and oxygen atoms in total. The molecule has 0 aliphatic carbocycles. The monoisotopic (exact) mass is 310 g/mol. The quantitative estimate of drug-likeness (QED) is 0.740. The maximum absolute atomic E-state index is 5.74. The summed E-state index contributed by atoms with van der Waals surface area (Å²) < 4.78 is 3.02. The molecule has 0 atom stereocenters. The normalized spacial score (nSPS) is 10.5. The van der Waals surface area contributed by atoms with Gasteiger partial charge in [-0.05, 0) is 34.7 Å². The van der Waals surface area contributed by atoms with Gasteiger partial charge in [0.1, 0.15) is 5.00 Å². The fraction of sp³-hybridized carbons (Fsp3) is 0. The van der Waals surface area contributed by atoms with E-state index in [1.807, 2.05) is 6.07 Å². The van der Waals surface area contributed by atoms with E-state index in [0.717, 1.165) is 5.00 Å². The van der Waals surface area contributed by atoms with Crippen molar-refractivity contribution in [3.05, 3.63) is 32.4 Å². The summed E-state index contributed by atoms with van der Waals surface area (Å²) in [7, 11) is 0. The molecule has 2 aromatic heterocycles. The minimum absolute atomic E-state index is 0.665. The van der Waals surface area contributed by atoms with Crippen molar-refractivity contribution >= 4 is 45.5 Å². The van der Waals surface area contributed by atoms with Gasteiger partial charge in [0.05, 0.1) is 20.3 Å². The largest absolute Gasteiger partial charge is 0.229 e. The Morgan fingerprint density at radius 2 is 2.33 bits per heavy atom. The van der Waals surface area contributed by atoms with Crippen LogP contribution in [0.3, 0.4) is 0 Å². The third-order valence-corrected chi connectivity index (χ3v) is 3.41. The number of rotatable bonds is 1. The molecule has 0 aliphatic rings. The van der Waals surface area contributed by atoms with E-state index in [1.165, 1.54) is 2.88 Å². The van der Waals surface area contributed by atoms with Crippen LogP contribution in [0.1, 0.15) is 0 Å². The Hall–Kier alpha value is -0.0700. The van der Waals surface area contributed by atoms with E-state index < -0.39 is 0 Å². The lowest BCUT2D eigenvalue weighted by molar-refractivity contribution is 0.898. The fourth-order valence-corrected chi connectivity index (χ4v) is 2.51. The second-order valence-electron chi connectivity index (χ2n) is 2.18. The molecule has 62 valence electrons. The Bertz CT molecular complexity index is 357. The first kappa shape index (κ1) is 8.52. The van der Waals surface area contributed by atoms with Crippen LogP contribution in [0.15, 0.2) is 24.5 Å². The average Bonchev–Trinajstić information content (AvgIpc) is 2.58. The van der Waals surface area contributed by atoms with Crippen molar-refractivity contribution in [3.8, 4) is 5.00 Å². The second-order valence-corrected chi connectivity index (χ2v) is 5.57. The molecule has 2 rings (SSSR count). The predicted molar refractivity (Wildman–Crippen MR) is 59.2 cm³/mol. The summed E-state index contributed by atoms with van der Waals surface area (Å²) in [5, 5.41) is 5.85. The van der Waals surface area contributed by atoms with Crippen LogP contribution in [0.2, 0.25) is 5.02 Å². The maximum Gasteiger partial charge on any atom is 0.118 e. The SMILES string of the molecule is Clc1cnn(-c2ccc(I)s2)c1. The molecule has 5 heteroatoms. The summed E-state index contributed by atoms with van der Waals surface area (Å²) in [4.78, 5) is 0. The summed E-state index contributed by atoms with van der Waals surface area (Å²) in [5.74, 6) is 0. The molecule has 0 amide bonds. The van der Waals surface area contributed by atoms with Gasteiger partial charge >= 0.3 is 0 Å². The molecule has 0 fully saturated rings. The summed E-state index contributed by atoms with van der Waals surface area (Å²) in [6.07, 6.45) is 3.43. The summed E-state index contributed by atoms with van der Waals surface area (Å²) in [5.41, 5.74) is 0. The third kappa shape index (κ3) is 1.65. The lowest BCUT2D eigenvalue weighted by Gasteiger charge is -1.92. The molecule has 0 radical (unpaired) electrons. The number of aromatic nitrogens is 2. The fourth-order valence-electron chi connectivity index (χ4n) is 0.849. The summed E-state index contributed by atoms with van der Waals surface area (Å²) in [6, 6.07) is 4.08. The first-order chi connectivity index (χ1) is 5.75. The van der Waals surface area contributed by atoms with Crippen LogP contribution in [0, 0.1) is 2.88 Å². The molecule has 0 aromatic carbocycles. The Kier molecular flexibility index (Phi) is 2.38. The van der Waals surface area contributed by atoms with Gasteiger partial charge in [0.15, 0.2) is 0 Å². The lowest BCUT2D eigenvalue weighted by atomic mass is 10.6. The standard InChI is InChI=1S/C7H4ClIN2S/c8-5-3-10-11(4-5)7-2-1-6(9)12-7/h1-4H. The van der Waals surface area contributed by atoms with Crippen molar-refractivity contribution in [2.45, 2.75) is 0 Å². The molecule has 0 unspecified atom stereocenters. The van der Waals surface area contributed by atoms with Crippen LogP contribution in [0.25, 0.3) is 5.00 Å². The molecule has 0 N–H and O–H groups in total. The third-order valence-electron chi connectivity index (χ3n) is 1.34. The number of nitrogens with zero attached hydrogens (tertiary/aromatic N) is 2. The molecule has 0 aliphatic heterocycles. The van der Waals surface area contributed by atoms with Crippen molar-refractivity contribution in [2.24, 2.45) is 0 Å². The predicted octanol–water partition coefficient (Wildman–Crippen LogP) is 3.19. The number of hydrogen-bond donors (Lipinski definition) is 0. The van der Waals surface area contributed by atoms with Gasteiger partial charge in [-0.3, -0.25) is 0 Å². The minimum Gasteiger partial charge on any atom is -0.229 e. The van der Waals surface area contributed by atoms with Gasteiger partial charge in [-0.1, -0.05) is 11.6 Å². The zero-order chi connectivity index (χ0) is 8.55. The van der Waals surface area contributed by atoms with Crippen LogP contribution in [0.4, 0.5) is 0 Å². The van der Waals surface area contributed by atoms with E-state index in [2.05, 4.69) is 33.8 Å². The molecule has 0 saturated heterocycles. The van der Waals surface area contributed by atoms with E-state index in [4.69, 9.17) is 11.6 Å². The Morgan fingerprint density at radius 1 is 1.50 bits per heavy atom. The van der Waals surface area contributed by atoms with Gasteiger partial charge in [0, 0.05) is 0 Å². The van der Waals surface area contributed by atoms with Crippen LogP contribution < -0.4 is 0 Å². The topological polar surface area (TPSA) is 17.8 Å². The highest BCUT2D eigenvalue weighted by Gasteiger charge is 2.01. The van der Waals surface area contributed by atoms with Gasteiger partial charge < -0.3 is 0 Å². The molecule has 0 bridgehead atoms. The smallest absolute Gasteiger partial charge is 0.118 e. The van der Waals surface area contributed by atoms with Crippen molar-refractivity contribution in [2.75, 3.05) is 0 Å². The van der Waals surface area contributed by atoms with Crippen molar-refractivity contribution < 1.29 is 0 Å². The van der Waals surface area contributed by atoms with Gasteiger partial charge in [0.25, 0.3) is 0 Å². The van der Waals surface area contributed by atoms with Gasteiger partial charge in [-0.25, -0.2) is 4.68 Å². The van der Waals surface area contributed by atoms with Gasteiger partial charge in [-0.15, -0.1) is 11.3 Å². The number of hydrogen-bond acceptors (Lipinski definition) is 2. The molecule has 2 aromatic rings. The van der Waals surface area contributed by atoms with Crippen LogP contribution >= 0.6 is 45.5 Å². The molecular formula is C7H4ClIN2S. The zero-order valence-corrected chi connectivity index (χ0v) is 9.60. The average molecular weight is 311 g/mol. The van der Waals surface area contributed by atoms with E-state index in [9.17, 15) is 0 Å².